The van der Waals surface area contributed by atoms with E-state index in [4.69, 9.17) is 10.00 Å². The first kappa shape index (κ1) is 12.5. The third kappa shape index (κ3) is 2.92. The highest BCUT2D eigenvalue weighted by atomic mass is 127. The van der Waals surface area contributed by atoms with Gasteiger partial charge >= 0.3 is 5.97 Å². The van der Waals surface area contributed by atoms with Crippen LogP contribution in [0.15, 0.2) is 16.6 Å². The average molecular weight is 380 g/mol. The van der Waals surface area contributed by atoms with E-state index < -0.39 is 5.97 Å². The highest BCUT2D eigenvalue weighted by molar-refractivity contribution is 14.1. The van der Waals surface area contributed by atoms with Crippen molar-refractivity contribution >= 4 is 44.5 Å². The van der Waals surface area contributed by atoms with Gasteiger partial charge in [-0.1, -0.05) is 0 Å². The molecule has 0 spiro atoms. The number of carbonyl (C=O) groups is 1. The Labute approximate surface area is 110 Å². The zero-order valence-corrected chi connectivity index (χ0v) is 11.6. The zero-order chi connectivity index (χ0) is 11.4. The minimum absolute atomic E-state index is 0.326. The molecule has 0 heterocycles. The van der Waals surface area contributed by atoms with E-state index in [-0.39, 0.29) is 0 Å². The number of nitriles is 1. The molecule has 0 fully saturated rings. The summed E-state index contributed by atoms with van der Waals surface area (Å²) < 4.78 is 6.32. The molecule has 0 aliphatic carbocycles. The van der Waals surface area contributed by atoms with Gasteiger partial charge in [0.05, 0.1) is 17.7 Å². The lowest BCUT2D eigenvalue weighted by Crippen LogP contribution is -2.07. The first-order chi connectivity index (χ1) is 7.10. The number of esters is 1. The molecule has 1 rings (SSSR count). The van der Waals surface area contributed by atoms with Gasteiger partial charge in [-0.25, -0.2) is 4.79 Å². The van der Waals surface area contributed by atoms with Crippen LogP contribution in [0.4, 0.5) is 0 Å². The Morgan fingerprint density at radius 3 is 2.87 bits per heavy atom. The van der Waals surface area contributed by atoms with Gasteiger partial charge in [0.2, 0.25) is 0 Å². The molecule has 0 atom stereocenters. The number of halogens is 2. The Morgan fingerprint density at radius 2 is 2.33 bits per heavy atom. The van der Waals surface area contributed by atoms with E-state index in [9.17, 15) is 4.79 Å². The van der Waals surface area contributed by atoms with Gasteiger partial charge in [0.15, 0.2) is 0 Å². The molecule has 78 valence electrons. The summed E-state index contributed by atoms with van der Waals surface area (Å²) in [7, 11) is 0. The van der Waals surface area contributed by atoms with Crippen molar-refractivity contribution in [3.05, 3.63) is 31.3 Å². The van der Waals surface area contributed by atoms with Gasteiger partial charge in [-0.15, -0.1) is 0 Å². The van der Waals surface area contributed by atoms with Gasteiger partial charge in [-0.05, 0) is 57.6 Å². The Bertz CT molecular complexity index is 440. The molecule has 0 saturated heterocycles. The smallest absolute Gasteiger partial charge is 0.339 e. The van der Waals surface area contributed by atoms with Crippen LogP contribution >= 0.6 is 38.5 Å². The number of carbonyl (C=O) groups excluding carboxylic acids is 1. The molecule has 0 radical (unpaired) electrons. The molecule has 0 aliphatic heterocycles. The maximum atomic E-state index is 11.5. The van der Waals surface area contributed by atoms with E-state index in [1.54, 1.807) is 13.0 Å². The maximum absolute atomic E-state index is 11.5. The Hall–Kier alpha value is -0.610. The minimum atomic E-state index is -0.397. The van der Waals surface area contributed by atoms with Crippen molar-refractivity contribution in [1.29, 1.82) is 5.26 Å². The van der Waals surface area contributed by atoms with Crippen LogP contribution in [0.25, 0.3) is 0 Å². The number of nitrogens with zero attached hydrogens (tertiary/aromatic N) is 1. The van der Waals surface area contributed by atoms with Crippen molar-refractivity contribution in [2.45, 2.75) is 6.92 Å². The largest absolute Gasteiger partial charge is 0.462 e. The topological polar surface area (TPSA) is 50.1 Å². The molecule has 5 heteroatoms. The summed E-state index contributed by atoms with van der Waals surface area (Å²) >= 11 is 5.28. The highest BCUT2D eigenvalue weighted by Gasteiger charge is 2.14. The number of rotatable bonds is 2. The van der Waals surface area contributed by atoms with Crippen LogP contribution in [-0.2, 0) is 4.74 Å². The normalized spacial score (nSPS) is 9.47. The highest BCUT2D eigenvalue weighted by Crippen LogP contribution is 2.23. The fourth-order valence-corrected chi connectivity index (χ4v) is 2.55. The average Bonchev–Trinajstić information content (AvgIpc) is 2.18. The number of ether oxygens (including phenoxy) is 1. The Balaban J connectivity index is 3.20. The second-order valence-corrected chi connectivity index (χ2v) is 4.66. The lowest BCUT2D eigenvalue weighted by molar-refractivity contribution is 0.0525. The summed E-state index contributed by atoms with van der Waals surface area (Å²) in [6, 6.07) is 5.26. The molecular formula is C10H7BrINO2. The minimum Gasteiger partial charge on any atom is -0.462 e. The lowest BCUT2D eigenvalue weighted by Gasteiger charge is -2.05. The molecule has 0 aliphatic rings. The molecule has 0 unspecified atom stereocenters. The van der Waals surface area contributed by atoms with Crippen molar-refractivity contribution in [2.24, 2.45) is 0 Å². The molecule has 0 N–H and O–H groups in total. The van der Waals surface area contributed by atoms with Crippen LogP contribution in [0.3, 0.4) is 0 Å². The number of hydrogen-bond donors (Lipinski definition) is 0. The van der Waals surface area contributed by atoms with E-state index in [0.29, 0.717) is 22.2 Å². The van der Waals surface area contributed by atoms with Crippen LogP contribution in [0.2, 0.25) is 0 Å². The standard InChI is InChI=1S/C10H7BrINO2/c1-2-15-10(14)7-3-6(5-13)8(11)4-9(7)12/h3-4H,2H2,1H3. The quantitative estimate of drug-likeness (QED) is 0.586. The van der Waals surface area contributed by atoms with Crippen molar-refractivity contribution in [3.63, 3.8) is 0 Å². The van der Waals surface area contributed by atoms with Crippen molar-refractivity contribution in [3.8, 4) is 6.07 Å². The monoisotopic (exact) mass is 379 g/mol. The van der Waals surface area contributed by atoms with Gasteiger partial charge in [0.1, 0.15) is 6.07 Å². The first-order valence-corrected chi connectivity index (χ1v) is 6.03. The second-order valence-electron chi connectivity index (χ2n) is 2.64. The molecule has 0 amide bonds. The third-order valence-corrected chi connectivity index (χ3v) is 3.22. The number of hydrogen-bond acceptors (Lipinski definition) is 3. The summed E-state index contributed by atoms with van der Waals surface area (Å²) in [4.78, 5) is 11.5. The van der Waals surface area contributed by atoms with E-state index in [1.807, 2.05) is 28.7 Å². The fourth-order valence-electron chi connectivity index (χ4n) is 1.000. The van der Waals surface area contributed by atoms with Gasteiger partial charge in [-0.3, -0.25) is 0 Å². The van der Waals surface area contributed by atoms with Gasteiger partial charge in [-0.2, -0.15) is 5.26 Å². The van der Waals surface area contributed by atoms with E-state index in [2.05, 4.69) is 15.9 Å². The third-order valence-electron chi connectivity index (χ3n) is 1.67. The molecule has 0 saturated carbocycles. The maximum Gasteiger partial charge on any atom is 0.339 e. The first-order valence-electron chi connectivity index (χ1n) is 4.16. The summed E-state index contributed by atoms with van der Waals surface area (Å²) in [5, 5.41) is 8.81. The second kappa shape index (κ2) is 5.47. The van der Waals surface area contributed by atoms with Crippen molar-refractivity contribution in [1.82, 2.24) is 0 Å². The van der Waals surface area contributed by atoms with Gasteiger partial charge in [0.25, 0.3) is 0 Å². The molecule has 0 bridgehead atoms. The van der Waals surface area contributed by atoms with E-state index >= 15 is 0 Å². The van der Waals surface area contributed by atoms with E-state index in [1.165, 1.54) is 6.07 Å². The van der Waals surface area contributed by atoms with Crippen LogP contribution in [0.1, 0.15) is 22.8 Å². The molecule has 3 nitrogen and oxygen atoms in total. The summed E-state index contributed by atoms with van der Waals surface area (Å²) in [6.07, 6.45) is 0. The summed E-state index contributed by atoms with van der Waals surface area (Å²) in [5.41, 5.74) is 0.857. The van der Waals surface area contributed by atoms with Gasteiger partial charge in [0, 0.05) is 8.04 Å². The molecule has 1 aromatic carbocycles. The van der Waals surface area contributed by atoms with Crippen LogP contribution in [0, 0.1) is 14.9 Å². The zero-order valence-electron chi connectivity index (χ0n) is 7.88. The number of benzene rings is 1. The Morgan fingerprint density at radius 1 is 1.67 bits per heavy atom. The molecular weight excluding hydrogens is 373 g/mol. The predicted molar refractivity (Wildman–Crippen MR) is 67.5 cm³/mol. The van der Waals surface area contributed by atoms with Crippen molar-refractivity contribution < 1.29 is 9.53 Å². The van der Waals surface area contributed by atoms with E-state index in [0.717, 1.165) is 3.57 Å². The van der Waals surface area contributed by atoms with Crippen LogP contribution in [0.5, 0.6) is 0 Å². The van der Waals surface area contributed by atoms with Crippen molar-refractivity contribution in [2.75, 3.05) is 6.61 Å². The molecule has 15 heavy (non-hydrogen) atoms. The fraction of sp³-hybridized carbons (Fsp3) is 0.200. The van der Waals surface area contributed by atoms with Crippen LogP contribution < -0.4 is 0 Å². The van der Waals surface area contributed by atoms with Crippen LogP contribution in [-0.4, -0.2) is 12.6 Å². The SMILES string of the molecule is CCOC(=O)c1cc(C#N)c(Br)cc1I. The molecule has 0 aromatic heterocycles. The Kier molecular flexibility index (Phi) is 4.54. The molecule has 1 aromatic rings. The summed E-state index contributed by atoms with van der Waals surface area (Å²) in [5.74, 6) is -0.397. The summed E-state index contributed by atoms with van der Waals surface area (Å²) in [6.45, 7) is 2.07. The predicted octanol–water partition coefficient (Wildman–Crippen LogP) is 3.10. The lowest BCUT2D eigenvalue weighted by atomic mass is 10.1. The van der Waals surface area contributed by atoms with Gasteiger partial charge < -0.3 is 4.74 Å².